The summed E-state index contributed by atoms with van der Waals surface area (Å²) in [5.74, 6) is 0.724. The summed E-state index contributed by atoms with van der Waals surface area (Å²) in [5, 5.41) is 3.71. The molecule has 2 aromatic rings. The van der Waals surface area contributed by atoms with Crippen LogP contribution in [-0.4, -0.2) is 37.0 Å². The maximum Gasteiger partial charge on any atom is 0.164 e. The van der Waals surface area contributed by atoms with Crippen LogP contribution in [0.1, 0.15) is 28.4 Å². The van der Waals surface area contributed by atoms with Gasteiger partial charge in [-0.1, -0.05) is 24.3 Å². The van der Waals surface area contributed by atoms with E-state index in [1.165, 1.54) is 16.9 Å². The number of hydrogen-bond acceptors (Lipinski definition) is 5. The van der Waals surface area contributed by atoms with Crippen LogP contribution in [0, 0.1) is 0 Å². The third kappa shape index (κ3) is 4.41. The van der Waals surface area contributed by atoms with Crippen molar-refractivity contribution >= 4 is 17.1 Å². The van der Waals surface area contributed by atoms with Crippen LogP contribution < -0.4 is 4.74 Å². The molecule has 1 aromatic carbocycles. The summed E-state index contributed by atoms with van der Waals surface area (Å²) >= 11 is 1.49. The molecule has 3 rings (SSSR count). The van der Waals surface area contributed by atoms with E-state index < -0.39 is 0 Å². The van der Waals surface area contributed by atoms with E-state index in [1.807, 2.05) is 10.8 Å². The number of Topliss-reactive ketones (excluding diaryl/α,β-unsaturated/α-hetero) is 1. The highest BCUT2D eigenvalue weighted by molar-refractivity contribution is 7.08. The standard InChI is InChI=1S/C18H21NO3S/c1-14(20)17-12-23-13-18(17)22-11-16-4-2-15(3-5-16)10-19-6-8-21-9-7-19/h2-5,12-13H,6-11H2,1H3. The van der Waals surface area contributed by atoms with Crippen LogP contribution in [0.3, 0.4) is 0 Å². The molecule has 0 radical (unpaired) electrons. The number of carbonyl (C=O) groups is 1. The molecule has 1 fully saturated rings. The van der Waals surface area contributed by atoms with E-state index >= 15 is 0 Å². The monoisotopic (exact) mass is 331 g/mol. The van der Waals surface area contributed by atoms with Crippen LogP contribution in [-0.2, 0) is 17.9 Å². The first-order valence-electron chi connectivity index (χ1n) is 7.80. The lowest BCUT2D eigenvalue weighted by atomic mass is 10.1. The second-order valence-electron chi connectivity index (χ2n) is 5.70. The number of thiophene rings is 1. The number of hydrogen-bond donors (Lipinski definition) is 0. The van der Waals surface area contributed by atoms with Gasteiger partial charge in [-0.15, -0.1) is 11.3 Å². The average Bonchev–Trinajstić information content (AvgIpc) is 3.04. The van der Waals surface area contributed by atoms with Crippen molar-refractivity contribution < 1.29 is 14.3 Å². The van der Waals surface area contributed by atoms with Crippen LogP contribution >= 0.6 is 11.3 Å². The smallest absolute Gasteiger partial charge is 0.164 e. The molecule has 0 unspecified atom stereocenters. The first kappa shape index (κ1) is 16.2. The van der Waals surface area contributed by atoms with Gasteiger partial charge in [0.25, 0.3) is 0 Å². The number of carbonyl (C=O) groups excluding carboxylic acids is 1. The molecule has 0 amide bonds. The highest BCUT2D eigenvalue weighted by atomic mass is 32.1. The quantitative estimate of drug-likeness (QED) is 0.761. The maximum absolute atomic E-state index is 11.5. The van der Waals surface area contributed by atoms with Crippen molar-refractivity contribution in [3.8, 4) is 5.75 Å². The maximum atomic E-state index is 11.5. The average molecular weight is 331 g/mol. The summed E-state index contributed by atoms with van der Waals surface area (Å²) in [5.41, 5.74) is 3.07. The Balaban J connectivity index is 1.55. The Labute approximate surface area is 140 Å². The Morgan fingerprint density at radius 3 is 2.57 bits per heavy atom. The molecular formula is C18H21NO3S. The first-order valence-corrected chi connectivity index (χ1v) is 8.74. The van der Waals surface area contributed by atoms with Crippen molar-refractivity contribution in [2.24, 2.45) is 0 Å². The van der Waals surface area contributed by atoms with E-state index in [4.69, 9.17) is 9.47 Å². The fourth-order valence-corrected chi connectivity index (χ4v) is 3.38. The second kappa shape index (κ2) is 7.73. The highest BCUT2D eigenvalue weighted by Crippen LogP contribution is 2.25. The Kier molecular flexibility index (Phi) is 5.43. The molecule has 0 spiro atoms. The summed E-state index contributed by atoms with van der Waals surface area (Å²) in [6.07, 6.45) is 0. The van der Waals surface area contributed by atoms with Crippen molar-refractivity contribution in [3.05, 3.63) is 51.7 Å². The molecule has 1 aromatic heterocycles. The van der Waals surface area contributed by atoms with Gasteiger partial charge < -0.3 is 9.47 Å². The van der Waals surface area contributed by atoms with Gasteiger partial charge in [-0.25, -0.2) is 0 Å². The zero-order chi connectivity index (χ0) is 16.1. The van der Waals surface area contributed by atoms with Gasteiger partial charge in [-0.05, 0) is 18.1 Å². The molecule has 0 N–H and O–H groups in total. The van der Waals surface area contributed by atoms with Crippen molar-refractivity contribution in [3.63, 3.8) is 0 Å². The van der Waals surface area contributed by atoms with Gasteiger partial charge in [0.1, 0.15) is 12.4 Å². The third-order valence-electron chi connectivity index (χ3n) is 3.93. The predicted octanol–water partition coefficient (Wildman–Crippen LogP) is 3.36. The van der Waals surface area contributed by atoms with Crippen LogP contribution in [0.25, 0.3) is 0 Å². The summed E-state index contributed by atoms with van der Waals surface area (Å²) in [7, 11) is 0. The fourth-order valence-electron chi connectivity index (χ4n) is 2.57. The van der Waals surface area contributed by atoms with Gasteiger partial charge in [0.05, 0.1) is 18.8 Å². The van der Waals surface area contributed by atoms with Gasteiger partial charge >= 0.3 is 0 Å². The molecule has 1 aliphatic rings. The Morgan fingerprint density at radius 2 is 1.87 bits per heavy atom. The first-order chi connectivity index (χ1) is 11.2. The van der Waals surface area contributed by atoms with Gasteiger partial charge in [-0.2, -0.15) is 0 Å². The van der Waals surface area contributed by atoms with Crippen molar-refractivity contribution in [2.45, 2.75) is 20.1 Å². The normalized spacial score (nSPS) is 15.5. The number of benzene rings is 1. The molecule has 2 heterocycles. The Morgan fingerprint density at radius 1 is 1.17 bits per heavy atom. The molecule has 5 heteroatoms. The summed E-state index contributed by atoms with van der Waals surface area (Å²) in [6.45, 7) is 6.65. The number of ether oxygens (including phenoxy) is 2. The fraction of sp³-hybridized carbons (Fsp3) is 0.389. The topological polar surface area (TPSA) is 38.8 Å². The minimum Gasteiger partial charge on any atom is -0.487 e. The van der Waals surface area contributed by atoms with Crippen molar-refractivity contribution in [1.82, 2.24) is 4.90 Å². The molecule has 1 saturated heterocycles. The van der Waals surface area contributed by atoms with E-state index in [1.54, 1.807) is 6.92 Å². The zero-order valence-corrected chi connectivity index (χ0v) is 14.1. The molecule has 4 nitrogen and oxygen atoms in total. The van der Waals surface area contributed by atoms with Crippen LogP contribution in [0.15, 0.2) is 35.0 Å². The lowest BCUT2D eigenvalue weighted by molar-refractivity contribution is 0.0342. The van der Waals surface area contributed by atoms with E-state index in [0.717, 1.165) is 38.4 Å². The zero-order valence-electron chi connectivity index (χ0n) is 13.3. The Bertz CT molecular complexity index is 645. The Hall–Kier alpha value is -1.69. The molecule has 0 atom stereocenters. The van der Waals surface area contributed by atoms with Crippen molar-refractivity contribution in [1.29, 1.82) is 0 Å². The summed E-state index contributed by atoms with van der Waals surface area (Å²) in [6, 6.07) is 8.48. The predicted molar refractivity (Wildman–Crippen MR) is 91.2 cm³/mol. The van der Waals surface area contributed by atoms with Gasteiger partial charge in [0.15, 0.2) is 5.78 Å². The van der Waals surface area contributed by atoms with E-state index in [9.17, 15) is 4.79 Å². The van der Waals surface area contributed by atoms with Gasteiger partial charge in [-0.3, -0.25) is 9.69 Å². The SMILES string of the molecule is CC(=O)c1cscc1OCc1ccc(CN2CCOCC2)cc1. The lowest BCUT2D eigenvalue weighted by Gasteiger charge is -2.26. The molecule has 0 saturated carbocycles. The van der Waals surface area contributed by atoms with E-state index in [0.29, 0.717) is 17.9 Å². The van der Waals surface area contributed by atoms with E-state index in [2.05, 4.69) is 29.2 Å². The largest absolute Gasteiger partial charge is 0.487 e. The number of morpholine rings is 1. The molecule has 1 aliphatic heterocycles. The van der Waals surface area contributed by atoms with Crippen LogP contribution in [0.5, 0.6) is 5.75 Å². The van der Waals surface area contributed by atoms with E-state index in [-0.39, 0.29) is 5.78 Å². The minimum absolute atomic E-state index is 0.0436. The summed E-state index contributed by atoms with van der Waals surface area (Å²) < 4.78 is 11.1. The lowest BCUT2D eigenvalue weighted by Crippen LogP contribution is -2.35. The molecule has 0 aliphatic carbocycles. The molecule has 122 valence electrons. The number of rotatable bonds is 6. The van der Waals surface area contributed by atoms with Gasteiger partial charge in [0.2, 0.25) is 0 Å². The number of nitrogens with zero attached hydrogens (tertiary/aromatic N) is 1. The second-order valence-corrected chi connectivity index (χ2v) is 6.44. The summed E-state index contributed by atoms with van der Waals surface area (Å²) in [4.78, 5) is 13.9. The highest BCUT2D eigenvalue weighted by Gasteiger charge is 2.11. The minimum atomic E-state index is 0.0436. The third-order valence-corrected chi connectivity index (χ3v) is 4.65. The molecule has 23 heavy (non-hydrogen) atoms. The van der Waals surface area contributed by atoms with Gasteiger partial charge in [0, 0.05) is 30.4 Å². The van der Waals surface area contributed by atoms with Crippen LogP contribution in [0.4, 0.5) is 0 Å². The molecule has 0 bridgehead atoms. The van der Waals surface area contributed by atoms with Crippen LogP contribution in [0.2, 0.25) is 0 Å². The molecular weight excluding hydrogens is 310 g/mol. The van der Waals surface area contributed by atoms with Crippen molar-refractivity contribution in [2.75, 3.05) is 26.3 Å². The number of ketones is 1.